The Labute approximate surface area is 201 Å². The van der Waals surface area contributed by atoms with Gasteiger partial charge in [0.15, 0.2) is 0 Å². The van der Waals surface area contributed by atoms with Crippen LogP contribution in [0.1, 0.15) is 6.92 Å². The zero-order chi connectivity index (χ0) is 23.8. The van der Waals surface area contributed by atoms with E-state index >= 15 is 0 Å². The summed E-state index contributed by atoms with van der Waals surface area (Å²) in [6.45, 7) is 4.92. The minimum Gasteiger partial charge on any atom is -0.350 e. The maximum atomic E-state index is 13.2. The molecule has 0 radical (unpaired) electrons. The summed E-state index contributed by atoms with van der Waals surface area (Å²) in [5.74, 6) is 0. The Bertz CT molecular complexity index is 1360. The smallest absolute Gasteiger partial charge is 0.253 e. The summed E-state index contributed by atoms with van der Waals surface area (Å²) in [6.07, 6.45) is 0. The average Bonchev–Trinajstić information content (AvgIpc) is 2.83. The molecular formula is C22H22Cl2N4O4S. The Morgan fingerprint density at radius 3 is 2.15 bits per heavy atom. The highest BCUT2D eigenvalue weighted by atomic mass is 35.5. The van der Waals surface area contributed by atoms with Gasteiger partial charge >= 0.3 is 0 Å². The molecule has 0 saturated carbocycles. The summed E-state index contributed by atoms with van der Waals surface area (Å²) in [6, 6.07) is 11.2. The van der Waals surface area contributed by atoms with Crippen molar-refractivity contribution in [3.05, 3.63) is 73.0 Å². The first kappa shape index (κ1) is 23.7. The average molecular weight is 509 g/mol. The molecule has 0 unspecified atom stereocenters. The minimum atomic E-state index is -3.83. The van der Waals surface area contributed by atoms with Crippen molar-refractivity contribution in [2.75, 3.05) is 43.4 Å². The Morgan fingerprint density at radius 1 is 0.879 bits per heavy atom. The molecule has 1 heterocycles. The second kappa shape index (κ2) is 9.44. The number of likely N-dealkylation sites (N-methyl/N-ethyl adjacent to an activating group) is 1. The molecule has 2 N–H and O–H groups in total. The van der Waals surface area contributed by atoms with E-state index in [1.165, 1.54) is 16.4 Å². The van der Waals surface area contributed by atoms with Crippen LogP contribution in [0.5, 0.6) is 0 Å². The largest absolute Gasteiger partial charge is 0.350 e. The summed E-state index contributed by atoms with van der Waals surface area (Å²) >= 11 is 12.4. The van der Waals surface area contributed by atoms with Crippen molar-refractivity contribution in [3.8, 4) is 0 Å². The van der Waals surface area contributed by atoms with E-state index in [-0.39, 0.29) is 21.3 Å². The van der Waals surface area contributed by atoms with E-state index in [4.69, 9.17) is 23.2 Å². The minimum absolute atomic E-state index is 0.0298. The second-order valence-electron chi connectivity index (χ2n) is 7.62. The summed E-state index contributed by atoms with van der Waals surface area (Å²) in [7, 11) is -3.83. The summed E-state index contributed by atoms with van der Waals surface area (Å²) < 4.78 is 27.8. The molecule has 0 amide bonds. The molecule has 0 aliphatic carbocycles. The van der Waals surface area contributed by atoms with Crippen LogP contribution in [0.2, 0.25) is 10.0 Å². The fraction of sp³-hybridized carbons (Fsp3) is 0.273. The van der Waals surface area contributed by atoms with Crippen LogP contribution in [0.15, 0.2) is 56.9 Å². The molecule has 1 aliphatic rings. The van der Waals surface area contributed by atoms with Crippen molar-refractivity contribution in [2.45, 2.75) is 11.8 Å². The number of halogens is 2. The molecule has 1 saturated heterocycles. The third kappa shape index (κ3) is 4.64. The normalized spacial score (nSPS) is 15.6. The SMILES string of the molecule is CCN1CCN(S(=O)(=O)c2cc(Nc3c(Nc4ccccc4Cl)c(=O)c3=O)ccc2Cl)CC1. The molecule has 174 valence electrons. The van der Waals surface area contributed by atoms with E-state index < -0.39 is 20.9 Å². The topological polar surface area (TPSA) is 98.8 Å². The van der Waals surface area contributed by atoms with Crippen molar-refractivity contribution in [2.24, 2.45) is 0 Å². The molecule has 8 nitrogen and oxygen atoms in total. The van der Waals surface area contributed by atoms with Crippen LogP contribution in [0.4, 0.5) is 22.7 Å². The molecular weight excluding hydrogens is 487 g/mol. The van der Waals surface area contributed by atoms with Gasteiger partial charge in [0.05, 0.1) is 15.7 Å². The highest BCUT2D eigenvalue weighted by Crippen LogP contribution is 2.32. The van der Waals surface area contributed by atoms with E-state index in [0.717, 1.165) is 6.54 Å². The van der Waals surface area contributed by atoms with Gasteiger partial charge in [0.1, 0.15) is 16.3 Å². The van der Waals surface area contributed by atoms with Crippen LogP contribution < -0.4 is 21.5 Å². The van der Waals surface area contributed by atoms with Crippen LogP contribution in [0.3, 0.4) is 0 Å². The van der Waals surface area contributed by atoms with Crippen LogP contribution in [0.25, 0.3) is 0 Å². The number of hydrogen-bond acceptors (Lipinski definition) is 7. The summed E-state index contributed by atoms with van der Waals surface area (Å²) in [4.78, 5) is 26.5. The van der Waals surface area contributed by atoms with Gasteiger partial charge in [-0.2, -0.15) is 4.31 Å². The van der Waals surface area contributed by atoms with Gasteiger partial charge in [0, 0.05) is 31.9 Å². The Kier molecular flexibility index (Phi) is 6.78. The molecule has 33 heavy (non-hydrogen) atoms. The lowest BCUT2D eigenvalue weighted by molar-refractivity contribution is 0.196. The van der Waals surface area contributed by atoms with Gasteiger partial charge < -0.3 is 15.5 Å². The van der Waals surface area contributed by atoms with Crippen molar-refractivity contribution in [3.63, 3.8) is 0 Å². The number of piperazine rings is 1. The third-order valence-electron chi connectivity index (χ3n) is 5.64. The molecule has 4 rings (SSSR count). The maximum absolute atomic E-state index is 13.2. The zero-order valence-electron chi connectivity index (χ0n) is 17.8. The van der Waals surface area contributed by atoms with Gasteiger partial charge in [-0.15, -0.1) is 0 Å². The van der Waals surface area contributed by atoms with Crippen LogP contribution in [-0.4, -0.2) is 50.3 Å². The van der Waals surface area contributed by atoms with Crippen molar-refractivity contribution >= 4 is 56.0 Å². The number of rotatable bonds is 7. The molecule has 11 heteroatoms. The number of sulfonamides is 1. The predicted molar refractivity (Wildman–Crippen MR) is 132 cm³/mol. The van der Waals surface area contributed by atoms with Crippen LogP contribution in [0, 0.1) is 0 Å². The Morgan fingerprint density at radius 2 is 1.52 bits per heavy atom. The molecule has 3 aromatic rings. The number of nitrogens with zero attached hydrogens (tertiary/aromatic N) is 2. The maximum Gasteiger partial charge on any atom is 0.253 e. The lowest BCUT2D eigenvalue weighted by Crippen LogP contribution is -2.48. The van der Waals surface area contributed by atoms with Gasteiger partial charge in [-0.25, -0.2) is 8.42 Å². The van der Waals surface area contributed by atoms with Crippen molar-refractivity contribution in [1.29, 1.82) is 0 Å². The van der Waals surface area contributed by atoms with Gasteiger partial charge in [-0.05, 0) is 36.9 Å². The van der Waals surface area contributed by atoms with Gasteiger partial charge in [-0.1, -0.05) is 42.3 Å². The van der Waals surface area contributed by atoms with Crippen molar-refractivity contribution in [1.82, 2.24) is 9.21 Å². The predicted octanol–water partition coefficient (Wildman–Crippen LogP) is 3.40. The third-order valence-corrected chi connectivity index (χ3v) is 8.35. The van der Waals surface area contributed by atoms with E-state index in [9.17, 15) is 18.0 Å². The molecule has 1 aliphatic heterocycles. The zero-order valence-corrected chi connectivity index (χ0v) is 20.1. The van der Waals surface area contributed by atoms with Crippen LogP contribution >= 0.6 is 23.2 Å². The molecule has 3 aromatic carbocycles. The Hall–Kier alpha value is -2.43. The first-order valence-corrected chi connectivity index (χ1v) is 12.6. The highest BCUT2D eigenvalue weighted by molar-refractivity contribution is 7.89. The number of para-hydroxylation sites is 1. The van der Waals surface area contributed by atoms with Gasteiger partial charge in [0.25, 0.3) is 10.9 Å². The highest BCUT2D eigenvalue weighted by Gasteiger charge is 2.30. The van der Waals surface area contributed by atoms with Gasteiger partial charge in [-0.3, -0.25) is 9.59 Å². The monoisotopic (exact) mass is 508 g/mol. The number of anilines is 4. The number of nitrogens with one attached hydrogen (secondary N) is 2. The summed E-state index contributed by atoms with van der Waals surface area (Å²) in [5.41, 5.74) is -0.516. The molecule has 0 bridgehead atoms. The lowest BCUT2D eigenvalue weighted by Gasteiger charge is -2.33. The Balaban J connectivity index is 1.60. The first-order valence-electron chi connectivity index (χ1n) is 10.4. The number of hydrogen-bond donors (Lipinski definition) is 2. The molecule has 0 aromatic heterocycles. The van der Waals surface area contributed by atoms with E-state index in [1.54, 1.807) is 30.3 Å². The van der Waals surface area contributed by atoms with Gasteiger partial charge in [0.2, 0.25) is 10.0 Å². The molecule has 0 atom stereocenters. The van der Waals surface area contributed by atoms with E-state index in [1.807, 2.05) is 6.92 Å². The summed E-state index contributed by atoms with van der Waals surface area (Å²) in [5, 5.41) is 6.20. The standard InChI is InChI=1S/C22H22Cl2N4O4S/c1-2-27-9-11-28(12-10-27)33(31,32)18-13-14(7-8-16(18)24)25-19-20(22(30)21(19)29)26-17-6-4-3-5-15(17)23/h3-8,13,25-26H,2,9-12H2,1H3. The van der Waals surface area contributed by atoms with E-state index in [2.05, 4.69) is 15.5 Å². The van der Waals surface area contributed by atoms with Crippen molar-refractivity contribution < 1.29 is 8.42 Å². The molecule has 0 spiro atoms. The molecule has 1 fully saturated rings. The lowest BCUT2D eigenvalue weighted by atomic mass is 10.1. The fourth-order valence-corrected chi connectivity index (χ4v) is 5.78. The fourth-order valence-electron chi connectivity index (χ4n) is 3.68. The number of benzene rings is 2. The van der Waals surface area contributed by atoms with Crippen LogP contribution in [-0.2, 0) is 10.0 Å². The quantitative estimate of drug-likeness (QED) is 0.471. The van der Waals surface area contributed by atoms with E-state index in [0.29, 0.717) is 42.6 Å². The first-order chi connectivity index (χ1) is 15.7. The second-order valence-corrected chi connectivity index (χ2v) is 10.3.